The molecule has 3 aromatic carbocycles. The SMILES string of the molecule is COc1ccc(CC(=O)CC(N)=N[C@@H](Cc2ccc(Cl)cc2)C(=O)CCCN2C(=O)c3ccccc3C2=O)cc1OC. The third-order valence-electron chi connectivity index (χ3n) is 6.95. The number of aliphatic imine (C=N–C) groups is 1. The van der Waals surface area contributed by atoms with E-state index in [2.05, 4.69) is 4.99 Å². The predicted molar refractivity (Wildman–Crippen MR) is 159 cm³/mol. The molecule has 9 nitrogen and oxygen atoms in total. The van der Waals surface area contributed by atoms with Gasteiger partial charge in [0.2, 0.25) is 0 Å². The lowest BCUT2D eigenvalue weighted by atomic mass is 9.99. The lowest BCUT2D eigenvalue weighted by molar-refractivity contribution is -0.120. The minimum atomic E-state index is -0.845. The fourth-order valence-electron chi connectivity index (χ4n) is 4.82. The summed E-state index contributed by atoms with van der Waals surface area (Å²) in [5.74, 6) is 0.00409. The number of hydrogen-bond acceptors (Lipinski definition) is 7. The van der Waals surface area contributed by atoms with Crippen LogP contribution in [0.1, 0.15) is 51.1 Å². The Bertz CT molecular complexity index is 1480. The van der Waals surface area contributed by atoms with Crippen LogP contribution >= 0.6 is 11.6 Å². The van der Waals surface area contributed by atoms with Gasteiger partial charge in [-0.15, -0.1) is 0 Å². The molecule has 0 fully saturated rings. The molecule has 0 spiro atoms. The van der Waals surface area contributed by atoms with E-state index in [0.29, 0.717) is 27.6 Å². The highest BCUT2D eigenvalue weighted by Gasteiger charge is 2.34. The van der Waals surface area contributed by atoms with Crippen LogP contribution in [-0.2, 0) is 22.4 Å². The molecule has 2 N–H and O–H groups in total. The van der Waals surface area contributed by atoms with Crippen LogP contribution in [0.25, 0.3) is 0 Å². The molecular weight excluding hydrogens is 558 g/mol. The topological polar surface area (TPSA) is 128 Å². The van der Waals surface area contributed by atoms with Gasteiger partial charge in [0.1, 0.15) is 17.7 Å². The van der Waals surface area contributed by atoms with Crippen LogP contribution in [0.4, 0.5) is 0 Å². The van der Waals surface area contributed by atoms with Crippen LogP contribution in [0.3, 0.4) is 0 Å². The summed E-state index contributed by atoms with van der Waals surface area (Å²) in [7, 11) is 3.05. The second-order valence-corrected chi connectivity index (χ2v) is 10.4. The van der Waals surface area contributed by atoms with Crippen molar-refractivity contribution in [1.82, 2.24) is 4.90 Å². The molecule has 1 heterocycles. The molecule has 42 heavy (non-hydrogen) atoms. The van der Waals surface area contributed by atoms with Gasteiger partial charge in [-0.3, -0.25) is 29.1 Å². The van der Waals surface area contributed by atoms with Gasteiger partial charge in [0.05, 0.1) is 31.8 Å². The number of methoxy groups -OCH3 is 2. The van der Waals surface area contributed by atoms with Crippen LogP contribution in [0, 0.1) is 0 Å². The molecule has 0 saturated heterocycles. The number of nitrogens with two attached hydrogens (primary N) is 1. The fourth-order valence-corrected chi connectivity index (χ4v) is 4.95. The Balaban J connectivity index is 1.41. The summed E-state index contributed by atoms with van der Waals surface area (Å²) in [4.78, 5) is 57.0. The number of nitrogens with zero attached hydrogens (tertiary/aromatic N) is 2. The standard InChI is InChI=1S/C32H32ClN3O6/c1-41-28-14-11-21(18-29(28)42-2)16-23(37)19-30(34)35-26(17-20-9-12-22(33)13-10-20)27(38)8-5-15-36-31(39)24-6-3-4-7-25(24)32(36)40/h3-4,6-7,9-14,18,26H,5,8,15-17,19H2,1-2H3,(H2,34,35)/t26-/m0/s1. The van der Waals surface area contributed by atoms with Gasteiger partial charge in [0.15, 0.2) is 17.3 Å². The quantitative estimate of drug-likeness (QED) is 0.167. The normalized spacial score (nSPS) is 13.6. The summed E-state index contributed by atoms with van der Waals surface area (Å²) in [6.07, 6.45) is 0.575. The number of amidine groups is 1. The largest absolute Gasteiger partial charge is 0.493 e. The summed E-state index contributed by atoms with van der Waals surface area (Å²) in [6, 6.07) is 18.1. The minimum absolute atomic E-state index is 0.0492. The van der Waals surface area contributed by atoms with Crippen molar-refractivity contribution in [2.45, 2.75) is 38.1 Å². The minimum Gasteiger partial charge on any atom is -0.493 e. The third kappa shape index (κ3) is 7.41. The van der Waals surface area contributed by atoms with E-state index in [1.807, 2.05) is 0 Å². The van der Waals surface area contributed by atoms with Crippen molar-refractivity contribution < 1.29 is 28.7 Å². The van der Waals surface area contributed by atoms with Crippen molar-refractivity contribution >= 4 is 40.8 Å². The molecule has 10 heteroatoms. The van der Waals surface area contributed by atoms with Crippen molar-refractivity contribution in [3.63, 3.8) is 0 Å². The second kappa shape index (κ2) is 13.9. The lowest BCUT2D eigenvalue weighted by Crippen LogP contribution is -2.32. The first-order valence-electron chi connectivity index (χ1n) is 13.5. The average Bonchev–Trinajstić information content (AvgIpc) is 3.22. The van der Waals surface area contributed by atoms with Gasteiger partial charge in [-0.2, -0.15) is 0 Å². The number of amides is 2. The van der Waals surface area contributed by atoms with Crippen molar-refractivity contribution in [2.24, 2.45) is 10.7 Å². The first-order chi connectivity index (χ1) is 20.2. The highest BCUT2D eigenvalue weighted by Crippen LogP contribution is 2.28. The van der Waals surface area contributed by atoms with Gasteiger partial charge in [0.25, 0.3) is 11.8 Å². The molecule has 2 amide bonds. The Labute approximate surface area is 249 Å². The van der Waals surface area contributed by atoms with Crippen LogP contribution in [0.15, 0.2) is 71.7 Å². The van der Waals surface area contributed by atoms with Crippen molar-refractivity contribution in [3.05, 3.63) is 94.0 Å². The monoisotopic (exact) mass is 589 g/mol. The molecule has 0 saturated carbocycles. The maximum atomic E-state index is 13.3. The van der Waals surface area contributed by atoms with E-state index in [1.165, 1.54) is 14.2 Å². The number of fused-ring (bicyclic) bond motifs is 1. The van der Waals surface area contributed by atoms with Crippen molar-refractivity contribution in [1.29, 1.82) is 0 Å². The number of carbonyl (C=O) groups is 4. The second-order valence-electron chi connectivity index (χ2n) is 9.93. The summed E-state index contributed by atoms with van der Waals surface area (Å²) in [6.45, 7) is 0.106. The molecule has 3 aromatic rings. The molecule has 4 rings (SSSR count). The Morgan fingerprint density at radius 1 is 0.905 bits per heavy atom. The van der Waals surface area contributed by atoms with E-state index in [9.17, 15) is 19.2 Å². The molecule has 0 bridgehead atoms. The summed E-state index contributed by atoms with van der Waals surface area (Å²) < 4.78 is 10.5. The van der Waals surface area contributed by atoms with E-state index in [-0.39, 0.29) is 67.9 Å². The Kier molecular flexibility index (Phi) is 10.1. The summed E-state index contributed by atoms with van der Waals surface area (Å²) >= 11 is 6.02. The van der Waals surface area contributed by atoms with Gasteiger partial charge >= 0.3 is 0 Å². The molecule has 1 aliphatic heterocycles. The lowest BCUT2D eigenvalue weighted by Gasteiger charge is -2.16. The smallest absolute Gasteiger partial charge is 0.261 e. The number of rotatable bonds is 14. The number of Topliss-reactive ketones (excluding diaryl/α,β-unsaturated/α-hetero) is 2. The van der Waals surface area contributed by atoms with Crippen molar-refractivity contribution in [3.8, 4) is 11.5 Å². The average molecular weight is 590 g/mol. The number of benzene rings is 3. The predicted octanol–water partition coefficient (Wildman–Crippen LogP) is 4.47. The Morgan fingerprint density at radius 2 is 1.52 bits per heavy atom. The zero-order chi connectivity index (χ0) is 30.2. The number of halogens is 1. The van der Waals surface area contributed by atoms with E-state index in [1.54, 1.807) is 66.7 Å². The number of imide groups is 1. The van der Waals surface area contributed by atoms with E-state index < -0.39 is 6.04 Å². The van der Waals surface area contributed by atoms with Gasteiger partial charge in [0, 0.05) is 30.8 Å². The first kappa shape index (κ1) is 30.5. The maximum absolute atomic E-state index is 13.3. The molecule has 0 aromatic heterocycles. The molecule has 0 radical (unpaired) electrons. The first-order valence-corrected chi connectivity index (χ1v) is 13.8. The van der Waals surface area contributed by atoms with Crippen LogP contribution in [0.2, 0.25) is 5.02 Å². The van der Waals surface area contributed by atoms with Crippen LogP contribution in [0.5, 0.6) is 11.5 Å². The van der Waals surface area contributed by atoms with Gasteiger partial charge in [-0.1, -0.05) is 41.9 Å². The highest BCUT2D eigenvalue weighted by atomic mass is 35.5. The van der Waals surface area contributed by atoms with E-state index in [4.69, 9.17) is 26.8 Å². The molecular formula is C32H32ClN3O6. The Hall–Kier alpha value is -4.50. The summed E-state index contributed by atoms with van der Waals surface area (Å²) in [5, 5.41) is 0.561. The number of hydrogen-bond donors (Lipinski definition) is 1. The molecule has 0 aliphatic carbocycles. The van der Waals surface area contributed by atoms with E-state index >= 15 is 0 Å². The molecule has 0 unspecified atom stereocenters. The molecule has 1 atom stereocenters. The van der Waals surface area contributed by atoms with Crippen molar-refractivity contribution in [2.75, 3.05) is 20.8 Å². The zero-order valence-electron chi connectivity index (χ0n) is 23.5. The zero-order valence-corrected chi connectivity index (χ0v) is 24.2. The summed E-state index contributed by atoms with van der Waals surface area (Å²) in [5.41, 5.74) is 8.46. The number of carbonyl (C=O) groups excluding carboxylic acids is 4. The molecule has 1 aliphatic rings. The highest BCUT2D eigenvalue weighted by molar-refractivity contribution is 6.30. The fraction of sp³-hybridized carbons (Fsp3) is 0.281. The van der Waals surface area contributed by atoms with E-state index in [0.717, 1.165) is 16.0 Å². The third-order valence-corrected chi connectivity index (χ3v) is 7.20. The molecule has 218 valence electrons. The number of ether oxygens (including phenoxy) is 2. The van der Waals surface area contributed by atoms with Crippen LogP contribution < -0.4 is 15.2 Å². The number of ketones is 2. The van der Waals surface area contributed by atoms with Gasteiger partial charge < -0.3 is 15.2 Å². The van der Waals surface area contributed by atoms with Gasteiger partial charge in [-0.25, -0.2) is 0 Å². The maximum Gasteiger partial charge on any atom is 0.261 e. The van der Waals surface area contributed by atoms with Gasteiger partial charge in [-0.05, 0) is 53.9 Å². The van der Waals surface area contributed by atoms with Crippen LogP contribution in [-0.4, -0.2) is 60.9 Å². The Morgan fingerprint density at radius 3 is 2.14 bits per heavy atom.